The Morgan fingerprint density at radius 3 is 2.55 bits per heavy atom. The number of hydrogen-bond acceptors (Lipinski definition) is 4. The van der Waals surface area contributed by atoms with Crippen LogP contribution in [0.15, 0.2) is 42.5 Å². The first kappa shape index (κ1) is 21.7. The number of benzene rings is 2. The van der Waals surface area contributed by atoms with Gasteiger partial charge in [-0.25, -0.2) is 0 Å². The van der Waals surface area contributed by atoms with Crippen LogP contribution in [0.1, 0.15) is 18.1 Å². The van der Waals surface area contributed by atoms with E-state index in [4.69, 9.17) is 11.6 Å². The highest BCUT2D eigenvalue weighted by molar-refractivity contribution is 6.30. The van der Waals surface area contributed by atoms with E-state index in [1.165, 1.54) is 18.2 Å². The summed E-state index contributed by atoms with van der Waals surface area (Å²) in [6.07, 6.45) is 0.569. The molecule has 2 aliphatic rings. The molecule has 1 unspecified atom stereocenters. The van der Waals surface area contributed by atoms with E-state index < -0.39 is 6.04 Å². The van der Waals surface area contributed by atoms with E-state index in [9.17, 15) is 9.59 Å². The molecule has 2 aliphatic heterocycles. The smallest absolute Gasteiger partial charge is 0.243 e. The number of amides is 2. The van der Waals surface area contributed by atoms with E-state index in [1.807, 2.05) is 36.4 Å². The van der Waals surface area contributed by atoms with Crippen molar-refractivity contribution in [1.29, 1.82) is 0 Å². The van der Waals surface area contributed by atoms with Gasteiger partial charge in [0.15, 0.2) is 0 Å². The Kier molecular flexibility index (Phi) is 6.49. The first-order valence-electron chi connectivity index (χ1n) is 10.8. The summed E-state index contributed by atoms with van der Waals surface area (Å²) in [7, 11) is 0. The van der Waals surface area contributed by atoms with Gasteiger partial charge in [0.1, 0.15) is 6.04 Å². The molecule has 0 bridgehead atoms. The van der Waals surface area contributed by atoms with Gasteiger partial charge in [0.05, 0.1) is 0 Å². The van der Waals surface area contributed by atoms with Crippen LogP contribution in [0, 0.1) is 6.92 Å². The highest BCUT2D eigenvalue weighted by Crippen LogP contribution is 2.32. The largest absolute Gasteiger partial charge is 0.369 e. The van der Waals surface area contributed by atoms with Gasteiger partial charge in [0.25, 0.3) is 0 Å². The lowest BCUT2D eigenvalue weighted by atomic mass is 10.1. The average Bonchev–Trinajstić information content (AvgIpc) is 3.16. The zero-order valence-corrected chi connectivity index (χ0v) is 18.9. The number of nitrogens with zero attached hydrogens (tertiary/aromatic N) is 3. The molecule has 1 fully saturated rings. The normalized spacial score (nSPS) is 18.7. The summed E-state index contributed by atoms with van der Waals surface area (Å²) < 4.78 is 0. The van der Waals surface area contributed by atoms with Crippen molar-refractivity contribution in [2.75, 3.05) is 49.1 Å². The third-order valence-electron chi connectivity index (χ3n) is 6.23. The van der Waals surface area contributed by atoms with Gasteiger partial charge in [-0.3, -0.25) is 19.4 Å². The number of aryl methyl sites for hydroxylation is 1. The first-order valence-corrected chi connectivity index (χ1v) is 11.2. The molecule has 0 spiro atoms. The van der Waals surface area contributed by atoms with Crippen molar-refractivity contribution >= 4 is 34.8 Å². The number of nitrogens with one attached hydrogen (secondary N) is 1. The molecular formula is C24H29ClN4O2. The van der Waals surface area contributed by atoms with Crippen LogP contribution in [0.5, 0.6) is 0 Å². The average molecular weight is 441 g/mol. The van der Waals surface area contributed by atoms with Gasteiger partial charge in [0, 0.05) is 69.0 Å². The molecule has 0 radical (unpaired) electrons. The zero-order chi connectivity index (χ0) is 22.0. The van der Waals surface area contributed by atoms with Crippen LogP contribution in [0.2, 0.25) is 5.02 Å². The standard InChI is InChI=1S/C24H29ClN4O2/c1-17-7-8-20(25)16-22(17)28-13-11-27(12-14-28)10-9-26-24(31)23-15-19-5-3-4-6-21(19)29(23)18(2)30/h3-8,16,23H,9-15H2,1-2H3,(H,26,31). The van der Waals surface area contributed by atoms with Gasteiger partial charge in [-0.1, -0.05) is 35.9 Å². The Labute approximate surface area is 188 Å². The van der Waals surface area contributed by atoms with Crippen molar-refractivity contribution in [2.24, 2.45) is 0 Å². The molecule has 1 saturated heterocycles. The molecule has 2 aromatic rings. The number of para-hydroxylation sites is 1. The first-order chi connectivity index (χ1) is 14.9. The fraction of sp³-hybridized carbons (Fsp3) is 0.417. The Balaban J connectivity index is 1.26. The second-order valence-electron chi connectivity index (χ2n) is 8.29. The summed E-state index contributed by atoms with van der Waals surface area (Å²) in [5.74, 6) is -0.183. The predicted molar refractivity (Wildman–Crippen MR) is 125 cm³/mol. The van der Waals surface area contributed by atoms with Gasteiger partial charge in [-0.15, -0.1) is 0 Å². The van der Waals surface area contributed by atoms with Gasteiger partial charge in [0.2, 0.25) is 11.8 Å². The Morgan fingerprint density at radius 1 is 1.06 bits per heavy atom. The van der Waals surface area contributed by atoms with Crippen LogP contribution < -0.4 is 15.1 Å². The number of piperazine rings is 1. The summed E-state index contributed by atoms with van der Waals surface area (Å²) in [6, 6.07) is 13.3. The second kappa shape index (κ2) is 9.28. The quantitative estimate of drug-likeness (QED) is 0.776. The van der Waals surface area contributed by atoms with Crippen LogP contribution >= 0.6 is 11.6 Å². The molecule has 2 aromatic carbocycles. The van der Waals surface area contributed by atoms with Crippen molar-refractivity contribution in [3.63, 3.8) is 0 Å². The molecule has 2 heterocycles. The number of halogens is 1. The third-order valence-corrected chi connectivity index (χ3v) is 6.46. The lowest BCUT2D eigenvalue weighted by Gasteiger charge is -2.37. The maximum atomic E-state index is 12.8. The number of carbonyl (C=O) groups excluding carboxylic acids is 2. The van der Waals surface area contributed by atoms with Crippen molar-refractivity contribution in [1.82, 2.24) is 10.2 Å². The summed E-state index contributed by atoms with van der Waals surface area (Å²) in [5, 5.41) is 3.81. The van der Waals surface area contributed by atoms with Crippen LogP contribution in [0.4, 0.5) is 11.4 Å². The van der Waals surface area contributed by atoms with Crippen molar-refractivity contribution in [3.8, 4) is 0 Å². The van der Waals surface area contributed by atoms with E-state index in [-0.39, 0.29) is 11.8 Å². The minimum Gasteiger partial charge on any atom is -0.369 e. The lowest BCUT2D eigenvalue weighted by Crippen LogP contribution is -2.51. The van der Waals surface area contributed by atoms with E-state index in [0.717, 1.165) is 49.0 Å². The SMILES string of the molecule is CC(=O)N1c2ccccc2CC1C(=O)NCCN1CCN(c2cc(Cl)ccc2C)CC1. The van der Waals surface area contributed by atoms with E-state index >= 15 is 0 Å². The number of rotatable bonds is 5. The molecule has 0 aromatic heterocycles. The predicted octanol–water partition coefficient (Wildman–Crippen LogP) is 2.86. The van der Waals surface area contributed by atoms with Crippen LogP contribution in [-0.2, 0) is 16.0 Å². The van der Waals surface area contributed by atoms with Gasteiger partial charge in [-0.2, -0.15) is 0 Å². The highest BCUT2D eigenvalue weighted by atomic mass is 35.5. The molecule has 0 saturated carbocycles. The van der Waals surface area contributed by atoms with Crippen molar-refractivity contribution < 1.29 is 9.59 Å². The maximum Gasteiger partial charge on any atom is 0.243 e. The maximum absolute atomic E-state index is 12.8. The molecule has 1 atom stereocenters. The summed E-state index contributed by atoms with van der Waals surface area (Å²) in [5.41, 5.74) is 4.33. The van der Waals surface area contributed by atoms with Crippen LogP contribution in [0.3, 0.4) is 0 Å². The summed E-state index contributed by atoms with van der Waals surface area (Å²) in [6.45, 7) is 8.76. The summed E-state index contributed by atoms with van der Waals surface area (Å²) in [4.78, 5) is 31.4. The number of anilines is 2. The number of hydrogen-bond donors (Lipinski definition) is 1. The van der Waals surface area contributed by atoms with Gasteiger partial charge >= 0.3 is 0 Å². The third kappa shape index (κ3) is 4.70. The summed E-state index contributed by atoms with van der Waals surface area (Å²) >= 11 is 6.17. The minimum absolute atomic E-state index is 0.0837. The lowest BCUT2D eigenvalue weighted by molar-refractivity contribution is -0.125. The van der Waals surface area contributed by atoms with Gasteiger partial charge < -0.3 is 10.2 Å². The Bertz CT molecular complexity index is 972. The molecule has 2 amide bonds. The molecule has 0 aliphatic carbocycles. The second-order valence-corrected chi connectivity index (χ2v) is 8.72. The number of carbonyl (C=O) groups is 2. The van der Waals surface area contributed by atoms with E-state index in [2.05, 4.69) is 28.1 Å². The Morgan fingerprint density at radius 2 is 1.81 bits per heavy atom. The Hall–Kier alpha value is -2.57. The van der Waals surface area contributed by atoms with Crippen molar-refractivity contribution in [2.45, 2.75) is 26.3 Å². The van der Waals surface area contributed by atoms with Crippen molar-refractivity contribution in [3.05, 3.63) is 58.6 Å². The van der Waals surface area contributed by atoms with Crippen LogP contribution in [0.25, 0.3) is 0 Å². The fourth-order valence-electron chi connectivity index (χ4n) is 4.58. The highest BCUT2D eigenvalue weighted by Gasteiger charge is 2.36. The molecule has 31 heavy (non-hydrogen) atoms. The monoisotopic (exact) mass is 440 g/mol. The van der Waals surface area contributed by atoms with Gasteiger partial charge in [-0.05, 0) is 36.2 Å². The number of fused-ring (bicyclic) bond motifs is 1. The topological polar surface area (TPSA) is 55.9 Å². The molecule has 4 rings (SSSR count). The van der Waals surface area contributed by atoms with E-state index in [0.29, 0.717) is 13.0 Å². The molecule has 164 valence electrons. The molecule has 7 heteroatoms. The minimum atomic E-state index is -0.461. The fourth-order valence-corrected chi connectivity index (χ4v) is 4.74. The molecule has 1 N–H and O–H groups in total. The van der Waals surface area contributed by atoms with E-state index in [1.54, 1.807) is 4.90 Å². The van der Waals surface area contributed by atoms with Crippen LogP contribution in [-0.4, -0.2) is 62.0 Å². The zero-order valence-electron chi connectivity index (χ0n) is 18.1. The molecular weight excluding hydrogens is 412 g/mol. The molecule has 6 nitrogen and oxygen atoms in total.